The Balaban J connectivity index is 3.45. The molecule has 0 aromatic heterocycles. The van der Waals surface area contributed by atoms with Gasteiger partial charge in [-0.3, -0.25) is 0 Å². The molecule has 53 valence electrons. The summed E-state index contributed by atoms with van der Waals surface area (Å²) in [7, 11) is 1.32. The molecule has 0 heterocycles. The molecule has 9 heavy (non-hydrogen) atoms. The monoisotopic (exact) mass is 130 g/mol. The topological polar surface area (TPSA) is 52.3 Å². The van der Waals surface area contributed by atoms with Crippen molar-refractivity contribution in [2.24, 2.45) is 5.73 Å². The summed E-state index contributed by atoms with van der Waals surface area (Å²) in [5.74, 6) is -0.406. The quantitative estimate of drug-likeness (QED) is 0.564. The van der Waals surface area contributed by atoms with Gasteiger partial charge in [-0.2, -0.15) is 0 Å². The highest BCUT2D eigenvalue weighted by molar-refractivity contribution is 5.83. The van der Waals surface area contributed by atoms with Crippen molar-refractivity contribution in [3.8, 4) is 0 Å². The molecule has 0 spiro atoms. The van der Waals surface area contributed by atoms with E-state index in [9.17, 15) is 4.79 Å². The molecule has 0 unspecified atom stereocenters. The highest BCUT2D eigenvalue weighted by Gasteiger charge is 2.12. The molecule has 0 aromatic rings. The molecular formula is C6H12NO2. The van der Waals surface area contributed by atoms with Gasteiger partial charge in [0.2, 0.25) is 0 Å². The summed E-state index contributed by atoms with van der Waals surface area (Å²) in [6, 6.07) is 0.306. The van der Waals surface area contributed by atoms with Crippen LogP contribution in [0.4, 0.5) is 0 Å². The zero-order valence-electron chi connectivity index (χ0n) is 5.81. The van der Waals surface area contributed by atoms with Gasteiger partial charge in [0.25, 0.3) is 0 Å². The second kappa shape index (κ2) is 4.32. The molecule has 0 atom stereocenters. The van der Waals surface area contributed by atoms with Crippen LogP contribution in [0, 0.1) is 6.04 Å². The lowest BCUT2D eigenvalue weighted by atomic mass is 10.2. The molecule has 0 aliphatic rings. The third-order valence-electron chi connectivity index (χ3n) is 0.967. The Labute approximate surface area is 55.2 Å². The number of carbonyl (C=O) groups is 1. The third kappa shape index (κ3) is 3.08. The minimum absolute atomic E-state index is 0.306. The van der Waals surface area contributed by atoms with Crippen molar-refractivity contribution in [2.75, 3.05) is 7.11 Å². The second-order valence-electron chi connectivity index (χ2n) is 1.77. The normalized spacial score (nSPS) is 9.78. The van der Waals surface area contributed by atoms with E-state index < -0.39 is 5.97 Å². The molecule has 0 aliphatic heterocycles. The van der Waals surface area contributed by atoms with E-state index in [0.29, 0.717) is 12.5 Å². The first-order valence-electron chi connectivity index (χ1n) is 2.92. The van der Waals surface area contributed by atoms with Crippen molar-refractivity contribution in [3.63, 3.8) is 0 Å². The largest absolute Gasteiger partial charge is 0.468 e. The average molecular weight is 130 g/mol. The van der Waals surface area contributed by atoms with Crippen LogP contribution in [-0.2, 0) is 9.53 Å². The van der Waals surface area contributed by atoms with Gasteiger partial charge >= 0.3 is 5.97 Å². The van der Waals surface area contributed by atoms with Gasteiger partial charge in [0.15, 0.2) is 0 Å². The Morgan fingerprint density at radius 2 is 2.22 bits per heavy atom. The molecular weight excluding hydrogens is 118 g/mol. The third-order valence-corrected chi connectivity index (χ3v) is 0.967. The number of ether oxygens (including phenoxy) is 1. The Bertz CT molecular complexity index is 93.1. The second-order valence-corrected chi connectivity index (χ2v) is 1.77. The van der Waals surface area contributed by atoms with Crippen LogP contribution in [0.1, 0.15) is 19.8 Å². The van der Waals surface area contributed by atoms with Crippen molar-refractivity contribution in [3.05, 3.63) is 6.04 Å². The first kappa shape index (κ1) is 8.43. The number of hydrogen-bond donors (Lipinski definition) is 1. The maximum atomic E-state index is 10.5. The molecule has 0 amide bonds. The van der Waals surface area contributed by atoms with Crippen LogP contribution in [0.25, 0.3) is 0 Å². The highest BCUT2D eigenvalue weighted by atomic mass is 16.5. The molecule has 3 nitrogen and oxygen atoms in total. The summed E-state index contributed by atoms with van der Waals surface area (Å²) in [5, 5.41) is 0. The molecule has 0 rings (SSSR count). The minimum atomic E-state index is -0.406. The number of hydrogen-bond acceptors (Lipinski definition) is 3. The summed E-state index contributed by atoms with van der Waals surface area (Å²) in [5.41, 5.74) is 5.28. The Morgan fingerprint density at radius 3 is 2.56 bits per heavy atom. The predicted molar refractivity (Wildman–Crippen MR) is 34.4 cm³/mol. The lowest BCUT2D eigenvalue weighted by Gasteiger charge is -2.04. The fraction of sp³-hybridized carbons (Fsp3) is 0.667. The zero-order chi connectivity index (χ0) is 7.28. The SMILES string of the molecule is CCC[C](N)C(=O)OC. The van der Waals surface area contributed by atoms with Gasteiger partial charge in [0, 0.05) is 0 Å². The molecule has 0 saturated carbocycles. The van der Waals surface area contributed by atoms with E-state index in [1.165, 1.54) is 7.11 Å². The van der Waals surface area contributed by atoms with Gasteiger partial charge < -0.3 is 10.5 Å². The lowest BCUT2D eigenvalue weighted by Crippen LogP contribution is -2.21. The van der Waals surface area contributed by atoms with Crippen LogP contribution in [0.5, 0.6) is 0 Å². The van der Waals surface area contributed by atoms with Crippen molar-refractivity contribution < 1.29 is 9.53 Å². The van der Waals surface area contributed by atoms with Crippen molar-refractivity contribution in [2.45, 2.75) is 19.8 Å². The molecule has 2 N–H and O–H groups in total. The standard InChI is InChI=1S/C6H12NO2/c1-3-4-5(7)6(8)9-2/h3-4,7H2,1-2H3. The van der Waals surface area contributed by atoms with E-state index >= 15 is 0 Å². The number of rotatable bonds is 3. The van der Waals surface area contributed by atoms with E-state index in [4.69, 9.17) is 5.73 Å². The maximum Gasteiger partial charge on any atom is 0.328 e. The summed E-state index contributed by atoms with van der Waals surface area (Å²) in [4.78, 5) is 10.5. The Hall–Kier alpha value is -0.570. The smallest absolute Gasteiger partial charge is 0.328 e. The fourth-order valence-electron chi connectivity index (χ4n) is 0.502. The molecule has 0 saturated heterocycles. The van der Waals surface area contributed by atoms with Crippen molar-refractivity contribution >= 4 is 5.97 Å². The summed E-state index contributed by atoms with van der Waals surface area (Å²) in [6.07, 6.45) is 1.49. The highest BCUT2D eigenvalue weighted by Crippen LogP contribution is 2.01. The molecule has 1 radical (unpaired) electrons. The molecule has 0 fully saturated rings. The van der Waals surface area contributed by atoms with Gasteiger partial charge in [0.05, 0.1) is 7.11 Å². The van der Waals surface area contributed by atoms with E-state index in [2.05, 4.69) is 4.74 Å². The molecule has 3 heteroatoms. The van der Waals surface area contributed by atoms with Crippen LogP contribution in [0.3, 0.4) is 0 Å². The van der Waals surface area contributed by atoms with Crippen molar-refractivity contribution in [1.82, 2.24) is 0 Å². The van der Waals surface area contributed by atoms with Crippen molar-refractivity contribution in [1.29, 1.82) is 0 Å². The van der Waals surface area contributed by atoms with E-state index in [-0.39, 0.29) is 0 Å². The van der Waals surface area contributed by atoms with Gasteiger partial charge in [-0.05, 0) is 6.42 Å². The molecule has 0 aromatic carbocycles. The van der Waals surface area contributed by atoms with Crippen LogP contribution in [0.15, 0.2) is 0 Å². The van der Waals surface area contributed by atoms with Crippen LogP contribution >= 0.6 is 0 Å². The first-order chi connectivity index (χ1) is 4.22. The van der Waals surface area contributed by atoms with Gasteiger partial charge in [-0.1, -0.05) is 13.3 Å². The van der Waals surface area contributed by atoms with E-state index in [1.807, 2.05) is 6.92 Å². The Kier molecular flexibility index (Phi) is 4.05. The molecule has 0 bridgehead atoms. The number of carbonyl (C=O) groups excluding carboxylic acids is 1. The number of nitrogens with two attached hydrogens (primary N) is 1. The lowest BCUT2D eigenvalue weighted by molar-refractivity contribution is -0.138. The van der Waals surface area contributed by atoms with E-state index in [0.717, 1.165) is 6.42 Å². The summed E-state index contributed by atoms with van der Waals surface area (Å²) < 4.78 is 4.36. The van der Waals surface area contributed by atoms with E-state index in [1.54, 1.807) is 0 Å². The summed E-state index contributed by atoms with van der Waals surface area (Å²) in [6.45, 7) is 1.95. The van der Waals surface area contributed by atoms with Gasteiger partial charge in [-0.15, -0.1) is 0 Å². The first-order valence-corrected chi connectivity index (χ1v) is 2.92. The molecule has 0 aliphatic carbocycles. The summed E-state index contributed by atoms with van der Waals surface area (Å²) >= 11 is 0. The predicted octanol–water partition coefficient (Wildman–Crippen LogP) is 0.450. The van der Waals surface area contributed by atoms with Crippen LogP contribution < -0.4 is 5.73 Å². The van der Waals surface area contributed by atoms with Gasteiger partial charge in [-0.25, -0.2) is 4.79 Å². The zero-order valence-corrected chi connectivity index (χ0v) is 5.81. The fourth-order valence-corrected chi connectivity index (χ4v) is 0.502. The van der Waals surface area contributed by atoms with Crippen LogP contribution in [0.2, 0.25) is 0 Å². The van der Waals surface area contributed by atoms with Gasteiger partial charge in [0.1, 0.15) is 6.04 Å². The average Bonchev–Trinajstić information content (AvgIpc) is 1.87. The number of methoxy groups -OCH3 is 1. The minimum Gasteiger partial charge on any atom is -0.468 e. The maximum absolute atomic E-state index is 10.5. The Morgan fingerprint density at radius 1 is 1.67 bits per heavy atom. The van der Waals surface area contributed by atoms with Crippen LogP contribution in [-0.4, -0.2) is 13.1 Å². The number of esters is 1.